The van der Waals surface area contributed by atoms with Gasteiger partial charge in [0.15, 0.2) is 0 Å². The molecule has 6 nitrogen and oxygen atoms in total. The topological polar surface area (TPSA) is 95.2 Å². The van der Waals surface area contributed by atoms with Crippen molar-refractivity contribution in [3.8, 4) is 0 Å². The molecule has 0 aliphatic heterocycles. The van der Waals surface area contributed by atoms with E-state index < -0.39 is 0 Å². The molecule has 0 saturated carbocycles. The van der Waals surface area contributed by atoms with Crippen LogP contribution < -0.4 is 11.5 Å². The summed E-state index contributed by atoms with van der Waals surface area (Å²) in [4.78, 5) is 9.81. The lowest BCUT2D eigenvalue weighted by atomic mass is 10.1. The molecule has 0 bridgehead atoms. The Morgan fingerprint density at radius 2 is 1.31 bits per heavy atom. The Morgan fingerprint density at radius 1 is 0.938 bits per heavy atom. The average Bonchev–Trinajstić information content (AvgIpc) is 2.28. The number of hydrogen-bond donors (Lipinski definition) is 2. The van der Waals surface area contributed by atoms with E-state index in [2.05, 4.69) is 10.3 Å². The first-order valence-corrected chi connectivity index (χ1v) is 5.04. The summed E-state index contributed by atoms with van der Waals surface area (Å²) in [6, 6.07) is 0. The number of allylic oxidation sites excluding steroid dienone is 2. The molecule has 88 valence electrons. The van der Waals surface area contributed by atoms with Gasteiger partial charge in [-0.3, -0.25) is 0 Å². The van der Waals surface area contributed by atoms with Gasteiger partial charge in [-0.05, 0) is 26.0 Å². The van der Waals surface area contributed by atoms with Crippen LogP contribution in [0.4, 0.5) is 0 Å². The van der Waals surface area contributed by atoms with E-state index in [9.17, 15) is 0 Å². The van der Waals surface area contributed by atoms with Crippen LogP contribution in [0.5, 0.6) is 0 Å². The molecule has 1 rings (SSSR count). The van der Waals surface area contributed by atoms with Crippen LogP contribution in [0.15, 0.2) is 33.9 Å². The molecule has 0 heterocycles. The maximum absolute atomic E-state index is 5.76. The van der Waals surface area contributed by atoms with E-state index in [-0.39, 0.29) is 0 Å². The molecule has 1 aliphatic carbocycles. The number of hydrogen-bond acceptors (Lipinski definition) is 6. The molecule has 0 atom stereocenters. The molecular formula is C10H16N4O2. The lowest BCUT2D eigenvalue weighted by molar-refractivity contribution is 0.158. The highest BCUT2D eigenvalue weighted by atomic mass is 16.6. The summed E-state index contributed by atoms with van der Waals surface area (Å²) in [6.07, 6.45) is 3.20. The van der Waals surface area contributed by atoms with Crippen molar-refractivity contribution in [2.24, 2.45) is 21.8 Å². The predicted octanol–water partition coefficient (Wildman–Crippen LogP) is 0.470. The Labute approximate surface area is 94.2 Å². The van der Waals surface area contributed by atoms with Gasteiger partial charge in [-0.1, -0.05) is 10.3 Å². The van der Waals surface area contributed by atoms with Gasteiger partial charge in [-0.25, -0.2) is 0 Å². The van der Waals surface area contributed by atoms with Crippen LogP contribution in [0.2, 0.25) is 0 Å². The molecule has 0 unspecified atom stereocenters. The first-order valence-electron chi connectivity index (χ1n) is 5.04. The maximum atomic E-state index is 5.76. The number of nitrogens with zero attached hydrogens (tertiary/aromatic N) is 2. The van der Waals surface area contributed by atoms with Crippen LogP contribution in [0.25, 0.3) is 0 Å². The summed E-state index contributed by atoms with van der Waals surface area (Å²) in [5.41, 5.74) is 13.4. The summed E-state index contributed by atoms with van der Waals surface area (Å²) in [6.45, 7) is 4.62. The fourth-order valence-electron chi connectivity index (χ4n) is 1.04. The van der Waals surface area contributed by atoms with Crippen molar-refractivity contribution in [2.45, 2.75) is 13.8 Å². The summed E-state index contributed by atoms with van der Waals surface area (Å²) in [5, 5.41) is 7.64. The minimum absolute atomic E-state index is 0.445. The predicted molar refractivity (Wildman–Crippen MR) is 62.7 cm³/mol. The van der Waals surface area contributed by atoms with E-state index in [1.807, 2.05) is 13.8 Å². The van der Waals surface area contributed by atoms with E-state index in [4.69, 9.17) is 21.1 Å². The summed E-state index contributed by atoms with van der Waals surface area (Å²) >= 11 is 0. The standard InChI is InChI=1S/C10H16N4O2/c1-3-15-13-9-5-8(12)10(6-7(9)11)14-16-4-2/h5-6H,3-4,11-12H2,1-2H3/b13-9-,14-10-. The fraction of sp³-hybridized carbons (Fsp3) is 0.400. The van der Waals surface area contributed by atoms with Crippen molar-refractivity contribution >= 4 is 11.4 Å². The minimum atomic E-state index is 0.445. The smallest absolute Gasteiger partial charge is 0.127 e. The van der Waals surface area contributed by atoms with Crippen molar-refractivity contribution in [3.63, 3.8) is 0 Å². The Kier molecular flexibility index (Phi) is 4.38. The lowest BCUT2D eigenvalue weighted by Crippen LogP contribution is -2.23. The Bertz CT molecular complexity index is 333. The van der Waals surface area contributed by atoms with E-state index in [1.54, 1.807) is 12.2 Å². The third-order valence-electron chi connectivity index (χ3n) is 1.76. The van der Waals surface area contributed by atoms with Crippen molar-refractivity contribution in [1.82, 2.24) is 0 Å². The summed E-state index contributed by atoms with van der Waals surface area (Å²) in [7, 11) is 0. The number of nitrogens with two attached hydrogens (primary N) is 2. The van der Waals surface area contributed by atoms with E-state index in [0.717, 1.165) is 0 Å². The molecule has 1 aliphatic rings. The van der Waals surface area contributed by atoms with Crippen LogP contribution in [0.3, 0.4) is 0 Å². The Hall–Kier alpha value is -1.98. The zero-order valence-corrected chi connectivity index (χ0v) is 9.43. The van der Waals surface area contributed by atoms with Crippen LogP contribution in [0.1, 0.15) is 13.8 Å². The van der Waals surface area contributed by atoms with Gasteiger partial charge in [0, 0.05) is 0 Å². The van der Waals surface area contributed by atoms with Gasteiger partial charge in [-0.2, -0.15) is 0 Å². The van der Waals surface area contributed by atoms with Crippen molar-refractivity contribution in [3.05, 3.63) is 23.5 Å². The van der Waals surface area contributed by atoms with Crippen molar-refractivity contribution in [1.29, 1.82) is 0 Å². The van der Waals surface area contributed by atoms with Gasteiger partial charge in [0.2, 0.25) is 0 Å². The third-order valence-corrected chi connectivity index (χ3v) is 1.76. The van der Waals surface area contributed by atoms with Gasteiger partial charge >= 0.3 is 0 Å². The number of rotatable bonds is 4. The molecular weight excluding hydrogens is 208 g/mol. The van der Waals surface area contributed by atoms with E-state index in [0.29, 0.717) is 36.0 Å². The van der Waals surface area contributed by atoms with Gasteiger partial charge in [0.05, 0.1) is 11.4 Å². The summed E-state index contributed by atoms with van der Waals surface area (Å²) < 4.78 is 0. The molecule has 16 heavy (non-hydrogen) atoms. The largest absolute Gasteiger partial charge is 0.397 e. The highest BCUT2D eigenvalue weighted by Crippen LogP contribution is 2.07. The molecule has 0 aromatic rings. The lowest BCUT2D eigenvalue weighted by Gasteiger charge is -2.11. The van der Waals surface area contributed by atoms with Gasteiger partial charge < -0.3 is 21.1 Å². The van der Waals surface area contributed by atoms with Crippen LogP contribution >= 0.6 is 0 Å². The van der Waals surface area contributed by atoms with Crippen LogP contribution in [0, 0.1) is 0 Å². The molecule has 0 spiro atoms. The van der Waals surface area contributed by atoms with Crippen LogP contribution in [-0.2, 0) is 9.68 Å². The van der Waals surface area contributed by atoms with Crippen molar-refractivity contribution in [2.75, 3.05) is 13.2 Å². The molecule has 4 N–H and O–H groups in total. The minimum Gasteiger partial charge on any atom is -0.397 e. The first-order chi connectivity index (χ1) is 7.69. The van der Waals surface area contributed by atoms with E-state index >= 15 is 0 Å². The van der Waals surface area contributed by atoms with Gasteiger partial charge in [0.1, 0.15) is 24.6 Å². The quantitative estimate of drug-likeness (QED) is 0.536. The second-order valence-corrected chi connectivity index (χ2v) is 2.99. The molecule has 0 fully saturated rings. The van der Waals surface area contributed by atoms with Gasteiger partial charge in [0.25, 0.3) is 0 Å². The SMILES string of the molecule is CCO/N=C1C=C(N)/C(=N\OCC)C=C/1N. The highest BCUT2D eigenvalue weighted by molar-refractivity contribution is 6.22. The summed E-state index contributed by atoms with van der Waals surface area (Å²) in [5.74, 6) is 0. The molecule has 0 aromatic carbocycles. The second kappa shape index (κ2) is 5.79. The monoisotopic (exact) mass is 224 g/mol. The highest BCUT2D eigenvalue weighted by Gasteiger charge is 2.14. The normalized spacial score (nSPS) is 20.6. The Morgan fingerprint density at radius 3 is 1.62 bits per heavy atom. The average molecular weight is 224 g/mol. The zero-order valence-electron chi connectivity index (χ0n) is 9.43. The molecule has 6 heteroatoms. The molecule has 0 radical (unpaired) electrons. The molecule has 0 saturated heterocycles. The molecule has 0 aromatic heterocycles. The van der Waals surface area contributed by atoms with Crippen LogP contribution in [-0.4, -0.2) is 24.6 Å². The zero-order chi connectivity index (χ0) is 12.0. The fourth-order valence-corrected chi connectivity index (χ4v) is 1.04. The molecule has 0 amide bonds. The second-order valence-electron chi connectivity index (χ2n) is 2.99. The van der Waals surface area contributed by atoms with Crippen molar-refractivity contribution < 1.29 is 9.68 Å². The van der Waals surface area contributed by atoms with Gasteiger partial charge in [-0.15, -0.1) is 0 Å². The third kappa shape index (κ3) is 3.01. The number of oxime groups is 2. The maximum Gasteiger partial charge on any atom is 0.127 e. The Balaban J connectivity index is 2.87. The first kappa shape index (κ1) is 12.1. The van der Waals surface area contributed by atoms with E-state index in [1.165, 1.54) is 0 Å².